The predicted molar refractivity (Wildman–Crippen MR) is 132 cm³/mol. The molecule has 0 aromatic heterocycles. The molecule has 1 saturated heterocycles. The monoisotopic (exact) mass is 603 g/mol. The number of carbonyl (C=O) groups is 2. The van der Waals surface area contributed by atoms with E-state index in [2.05, 4.69) is 10.3 Å². The number of ether oxygens (including phenoxy) is 2. The molecule has 0 radical (unpaired) electrons. The number of aliphatic carboxylic acids is 1. The maximum atomic E-state index is 12.4. The van der Waals surface area contributed by atoms with E-state index in [4.69, 9.17) is 26.2 Å². The maximum absolute atomic E-state index is 12.4. The molecule has 13 heteroatoms. The first-order valence-corrected chi connectivity index (χ1v) is 11.5. The summed E-state index contributed by atoms with van der Waals surface area (Å²) < 4.78 is 11.5. The fourth-order valence-electron chi connectivity index (χ4n) is 2.69. The van der Waals surface area contributed by atoms with Crippen LogP contribution in [0.15, 0.2) is 40.2 Å². The van der Waals surface area contributed by atoms with E-state index in [0.717, 1.165) is 11.8 Å². The minimum absolute atomic E-state index is 0.0570. The van der Waals surface area contributed by atoms with Crippen molar-refractivity contribution in [1.29, 1.82) is 0 Å². The van der Waals surface area contributed by atoms with Crippen molar-refractivity contribution in [3.63, 3.8) is 0 Å². The molecule has 172 valence electrons. The van der Waals surface area contributed by atoms with Gasteiger partial charge in [0.1, 0.15) is 5.69 Å². The van der Waals surface area contributed by atoms with Gasteiger partial charge in [-0.1, -0.05) is 11.6 Å². The summed E-state index contributed by atoms with van der Waals surface area (Å²) in [6, 6.07) is 7.39. The zero-order valence-corrected chi connectivity index (χ0v) is 20.6. The number of amidine groups is 1. The molecule has 10 nitrogen and oxygen atoms in total. The maximum Gasteiger partial charge on any atom is 0.341 e. The number of aliphatic imine (C=N–C) groups is 1. The van der Waals surface area contributed by atoms with Crippen LogP contribution in [-0.4, -0.2) is 40.3 Å². The van der Waals surface area contributed by atoms with Gasteiger partial charge < -0.3 is 19.9 Å². The van der Waals surface area contributed by atoms with Gasteiger partial charge in [0, 0.05) is 11.1 Å². The zero-order chi connectivity index (χ0) is 24.1. The van der Waals surface area contributed by atoms with Crippen LogP contribution < -0.4 is 14.8 Å². The normalized spacial score (nSPS) is 15.5. The van der Waals surface area contributed by atoms with Crippen LogP contribution in [0.1, 0.15) is 12.5 Å². The van der Waals surface area contributed by atoms with Crippen LogP contribution in [0.25, 0.3) is 6.08 Å². The molecule has 2 N–H and O–H groups in total. The van der Waals surface area contributed by atoms with E-state index in [0.29, 0.717) is 32.1 Å². The fraction of sp³-hybridized carbons (Fsp3) is 0.150. The Morgan fingerprint density at radius 3 is 2.79 bits per heavy atom. The highest BCUT2D eigenvalue weighted by Crippen LogP contribution is 2.37. The molecule has 0 bridgehead atoms. The number of amides is 1. The Labute approximate surface area is 210 Å². The summed E-state index contributed by atoms with van der Waals surface area (Å²) in [5.74, 6) is -0.907. The number of rotatable bonds is 8. The highest BCUT2D eigenvalue weighted by molar-refractivity contribution is 14.1. The van der Waals surface area contributed by atoms with Crippen molar-refractivity contribution in [2.24, 2.45) is 4.99 Å². The molecule has 2 aromatic carbocycles. The number of carboxylic acid groups (broad SMARTS) is 1. The van der Waals surface area contributed by atoms with Crippen molar-refractivity contribution in [3.05, 3.63) is 59.5 Å². The number of hydrogen-bond acceptors (Lipinski definition) is 8. The summed E-state index contributed by atoms with van der Waals surface area (Å²) in [4.78, 5) is 38.4. The number of halogens is 2. The van der Waals surface area contributed by atoms with Gasteiger partial charge in [-0.2, -0.15) is 0 Å². The first-order chi connectivity index (χ1) is 15.7. The molecule has 33 heavy (non-hydrogen) atoms. The lowest BCUT2D eigenvalue weighted by Gasteiger charge is -2.13. The van der Waals surface area contributed by atoms with Gasteiger partial charge in [0.25, 0.3) is 11.6 Å². The second-order valence-electron chi connectivity index (χ2n) is 6.32. The van der Waals surface area contributed by atoms with Gasteiger partial charge in [0.15, 0.2) is 23.3 Å². The molecular weight excluding hydrogens is 589 g/mol. The average Bonchev–Trinajstić information content (AvgIpc) is 3.07. The third-order valence-electron chi connectivity index (χ3n) is 3.98. The van der Waals surface area contributed by atoms with E-state index in [9.17, 15) is 19.7 Å². The Bertz CT molecular complexity index is 1200. The van der Waals surface area contributed by atoms with Crippen LogP contribution >= 0.6 is 46.0 Å². The third kappa shape index (κ3) is 6.36. The highest BCUT2D eigenvalue weighted by atomic mass is 127. The number of nitro groups is 1. The highest BCUT2D eigenvalue weighted by Gasteiger charge is 2.26. The molecule has 0 saturated carbocycles. The van der Waals surface area contributed by atoms with Gasteiger partial charge >= 0.3 is 5.97 Å². The lowest BCUT2D eigenvalue weighted by molar-refractivity contribution is -0.384. The quantitative estimate of drug-likeness (QED) is 0.193. The Hall–Kier alpha value is -2.84. The van der Waals surface area contributed by atoms with E-state index in [1.165, 1.54) is 18.2 Å². The van der Waals surface area contributed by atoms with E-state index in [-0.39, 0.29) is 21.6 Å². The number of nitro benzene ring substituents is 1. The van der Waals surface area contributed by atoms with E-state index in [1.54, 1.807) is 25.1 Å². The van der Waals surface area contributed by atoms with Crippen molar-refractivity contribution in [2.75, 3.05) is 13.2 Å². The van der Waals surface area contributed by atoms with E-state index in [1.807, 2.05) is 22.6 Å². The average molecular weight is 604 g/mol. The van der Waals surface area contributed by atoms with Gasteiger partial charge in [-0.25, -0.2) is 9.79 Å². The number of benzene rings is 2. The molecule has 0 unspecified atom stereocenters. The molecule has 2 aromatic rings. The summed E-state index contributed by atoms with van der Waals surface area (Å²) in [6.45, 7) is 1.58. The number of carboxylic acids is 1. The Morgan fingerprint density at radius 1 is 1.36 bits per heavy atom. The standard InChI is InChI=1S/C20H15ClIN3O7S/c1-2-31-15-6-10(5-12(22)18(15)32-9-17(26)27)7-16-19(28)24-20(33-16)23-13-4-3-11(21)8-14(13)25(29)30/h3-8H,2,9H2,1H3,(H,26,27)(H,23,24,28)/b16-7+. The molecule has 1 fully saturated rings. The Morgan fingerprint density at radius 2 is 2.12 bits per heavy atom. The molecular formula is C20H15ClIN3O7S. The minimum atomic E-state index is -1.12. The molecule has 1 heterocycles. The SMILES string of the molecule is CCOc1cc(/C=C2/SC(=Nc3ccc(Cl)cc3[N+](=O)[O-])NC2=O)cc(I)c1OCC(=O)O. The van der Waals surface area contributed by atoms with Crippen molar-refractivity contribution in [3.8, 4) is 11.5 Å². The Kier molecular flexibility index (Phi) is 8.15. The molecule has 0 aliphatic carbocycles. The molecule has 1 amide bonds. The first-order valence-electron chi connectivity index (χ1n) is 9.22. The predicted octanol–water partition coefficient (Wildman–Crippen LogP) is 4.61. The van der Waals surface area contributed by atoms with Gasteiger partial charge in [-0.3, -0.25) is 14.9 Å². The fourth-order valence-corrected chi connectivity index (χ4v) is 4.47. The summed E-state index contributed by atoms with van der Waals surface area (Å²) in [7, 11) is 0. The van der Waals surface area contributed by atoms with Gasteiger partial charge in [0.2, 0.25) is 0 Å². The van der Waals surface area contributed by atoms with Gasteiger partial charge in [0.05, 0.1) is 20.0 Å². The zero-order valence-electron chi connectivity index (χ0n) is 16.8. The van der Waals surface area contributed by atoms with Crippen LogP contribution in [0.4, 0.5) is 11.4 Å². The number of hydrogen-bond donors (Lipinski definition) is 2. The van der Waals surface area contributed by atoms with Crippen molar-refractivity contribution in [1.82, 2.24) is 5.32 Å². The largest absolute Gasteiger partial charge is 0.490 e. The lowest BCUT2D eigenvalue weighted by Crippen LogP contribution is -2.19. The van der Waals surface area contributed by atoms with Crippen LogP contribution in [0, 0.1) is 13.7 Å². The number of carbonyl (C=O) groups excluding carboxylic acids is 1. The lowest BCUT2D eigenvalue weighted by atomic mass is 10.2. The van der Waals surface area contributed by atoms with E-state index < -0.39 is 23.4 Å². The topological polar surface area (TPSA) is 140 Å². The molecule has 0 spiro atoms. The van der Waals surface area contributed by atoms with Crippen molar-refractivity contribution < 1.29 is 29.1 Å². The second-order valence-corrected chi connectivity index (χ2v) is 8.95. The van der Waals surface area contributed by atoms with Crippen molar-refractivity contribution in [2.45, 2.75) is 6.92 Å². The molecule has 3 rings (SSSR count). The van der Waals surface area contributed by atoms with Crippen LogP contribution in [-0.2, 0) is 9.59 Å². The second kappa shape index (κ2) is 10.9. The minimum Gasteiger partial charge on any atom is -0.490 e. The van der Waals surface area contributed by atoms with Gasteiger partial charge in [-0.15, -0.1) is 0 Å². The summed E-state index contributed by atoms with van der Waals surface area (Å²) in [6.07, 6.45) is 1.60. The third-order valence-corrected chi connectivity index (χ3v) is 5.92. The van der Waals surface area contributed by atoms with Crippen LogP contribution in [0.5, 0.6) is 11.5 Å². The molecule has 1 aliphatic rings. The molecule has 1 aliphatic heterocycles. The number of nitrogens with zero attached hydrogens (tertiary/aromatic N) is 2. The number of thioether (sulfide) groups is 1. The summed E-state index contributed by atoms with van der Waals surface area (Å²) in [5.41, 5.74) is 0.388. The van der Waals surface area contributed by atoms with Crippen molar-refractivity contribution >= 4 is 80.4 Å². The first kappa shape index (κ1) is 24.8. The number of nitrogens with one attached hydrogen (secondary N) is 1. The van der Waals surface area contributed by atoms with Crippen LogP contribution in [0.3, 0.4) is 0 Å². The van der Waals surface area contributed by atoms with E-state index >= 15 is 0 Å². The van der Waals surface area contributed by atoms with Crippen LogP contribution in [0.2, 0.25) is 5.02 Å². The van der Waals surface area contributed by atoms with Gasteiger partial charge in [-0.05, 0) is 77.2 Å². The summed E-state index contributed by atoms with van der Waals surface area (Å²) >= 11 is 8.83. The summed E-state index contributed by atoms with van der Waals surface area (Å²) in [5, 5.41) is 23.1. The Balaban J connectivity index is 1.90. The molecule has 0 atom stereocenters. The smallest absolute Gasteiger partial charge is 0.341 e.